The van der Waals surface area contributed by atoms with Gasteiger partial charge in [0.1, 0.15) is 17.0 Å². The van der Waals surface area contributed by atoms with Crippen LogP contribution < -0.4 is 4.74 Å². The van der Waals surface area contributed by atoms with Crippen molar-refractivity contribution in [3.63, 3.8) is 0 Å². The molecule has 1 heterocycles. The molecule has 2 aliphatic rings. The number of piperidine rings is 1. The van der Waals surface area contributed by atoms with Crippen molar-refractivity contribution in [2.45, 2.75) is 69.6 Å². The first-order valence-electron chi connectivity index (χ1n) is 14.6. The van der Waals surface area contributed by atoms with E-state index in [9.17, 15) is 14.8 Å². The van der Waals surface area contributed by atoms with Crippen molar-refractivity contribution in [2.24, 2.45) is 17.0 Å². The molecule has 0 radical (unpaired) electrons. The number of unbranched alkanes of at least 4 members (excludes halogenated alkanes) is 1. The number of hydrogen-bond acceptors (Lipinski definition) is 7. The molecule has 2 fully saturated rings. The van der Waals surface area contributed by atoms with Crippen molar-refractivity contribution in [1.29, 1.82) is 0 Å². The average molecular weight is 552 g/mol. The highest BCUT2D eigenvalue weighted by Gasteiger charge is 2.47. The number of nitrogens with zero attached hydrogens (tertiary/aromatic N) is 3. The van der Waals surface area contributed by atoms with Crippen LogP contribution in [-0.2, 0) is 15.1 Å². The van der Waals surface area contributed by atoms with Crippen molar-refractivity contribution in [1.82, 2.24) is 9.80 Å². The third-order valence-corrected chi connectivity index (χ3v) is 8.90. The van der Waals surface area contributed by atoms with Crippen LogP contribution in [0.1, 0.15) is 56.1 Å². The van der Waals surface area contributed by atoms with E-state index in [2.05, 4.69) is 5.18 Å². The molecular weight excluding hydrogens is 506 g/mol. The number of amides is 1. The largest absolute Gasteiger partial charge is 0.457 e. The second-order valence-electron chi connectivity index (χ2n) is 11.7. The number of aryl methyl sites for hydroxylation is 1. The molecule has 8 nitrogen and oxygen atoms in total. The second-order valence-corrected chi connectivity index (χ2v) is 11.7. The molecule has 5 atom stereocenters. The van der Waals surface area contributed by atoms with Gasteiger partial charge in [-0.3, -0.25) is 4.79 Å². The van der Waals surface area contributed by atoms with Gasteiger partial charge in [0.2, 0.25) is 5.91 Å². The highest BCUT2D eigenvalue weighted by molar-refractivity contribution is 5.79. The van der Waals surface area contributed by atoms with E-state index in [1.165, 1.54) is 0 Å². The normalized spacial score (nSPS) is 24.6. The first kappa shape index (κ1) is 30.2. The van der Waals surface area contributed by atoms with Crippen LogP contribution in [0.5, 0.6) is 11.5 Å². The number of hydrogen-bond donors (Lipinski definition) is 1. The Labute approximate surface area is 238 Å². The van der Waals surface area contributed by atoms with Crippen molar-refractivity contribution in [2.75, 3.05) is 40.9 Å². The Morgan fingerprint density at radius 1 is 1.10 bits per heavy atom. The predicted molar refractivity (Wildman–Crippen MR) is 156 cm³/mol. The fourth-order valence-electron chi connectivity index (χ4n) is 6.65. The number of likely N-dealkylation sites (N-methyl/N-ethyl adjacent to an activating group) is 1. The molecule has 0 aromatic heterocycles. The molecule has 2 aromatic carbocycles. The van der Waals surface area contributed by atoms with Gasteiger partial charge in [-0.15, -0.1) is 4.91 Å². The van der Waals surface area contributed by atoms with Crippen LogP contribution in [0.25, 0.3) is 0 Å². The topological polar surface area (TPSA) is 91.7 Å². The molecule has 2 aromatic rings. The van der Waals surface area contributed by atoms with E-state index in [1.807, 2.05) is 79.3 Å². The molecule has 218 valence electrons. The summed E-state index contributed by atoms with van der Waals surface area (Å²) in [7, 11) is 5.58. The lowest BCUT2D eigenvalue weighted by atomic mass is 9.71. The molecule has 40 heavy (non-hydrogen) atoms. The number of nitroso groups, excluding NO2 is 1. The van der Waals surface area contributed by atoms with Gasteiger partial charge in [0.05, 0.1) is 6.10 Å². The van der Waals surface area contributed by atoms with Crippen LogP contribution in [0.3, 0.4) is 0 Å². The summed E-state index contributed by atoms with van der Waals surface area (Å²) in [5, 5.41) is 14.5. The highest BCUT2D eigenvalue weighted by atomic mass is 16.5. The van der Waals surface area contributed by atoms with Gasteiger partial charge in [-0.25, -0.2) is 0 Å². The number of para-hydroxylation sites is 2. The Hall–Kier alpha value is -2.81. The highest BCUT2D eigenvalue weighted by Crippen LogP contribution is 2.47. The number of aliphatic hydroxyl groups excluding tert-OH is 1. The van der Waals surface area contributed by atoms with Gasteiger partial charge in [0.15, 0.2) is 0 Å². The second kappa shape index (κ2) is 13.7. The standard InChI is InChI=1S/C32H45N3O5/c1-23-12-5-7-15-29(23)40-30-16-8-6-14-26(30)32(33-38,17-9-10-19-39-4)25-13-11-18-35(22-25)31(37)24-20-27(34(2)3)28(36)21-24/h5-8,12,14-16,24-25,27-28,36H,9-11,13,17-22H2,1-4H3/t24-,25+,27+,28?,32?/m0/s1. The van der Waals surface area contributed by atoms with E-state index >= 15 is 0 Å². The molecule has 1 saturated carbocycles. The lowest BCUT2D eigenvalue weighted by molar-refractivity contribution is -0.138. The lowest BCUT2D eigenvalue weighted by Gasteiger charge is -2.42. The van der Waals surface area contributed by atoms with Gasteiger partial charge >= 0.3 is 0 Å². The summed E-state index contributed by atoms with van der Waals surface area (Å²) in [6.45, 7) is 3.74. The SMILES string of the molecule is COCCCCC(N=O)(c1ccccc1Oc1ccccc1C)[C@@H]1CCCN(C(=O)[C@@H]2CC(O)[C@H](N(C)C)C2)C1. The van der Waals surface area contributed by atoms with Crippen LogP contribution in [0.2, 0.25) is 0 Å². The zero-order valence-corrected chi connectivity index (χ0v) is 24.4. The van der Waals surface area contributed by atoms with Gasteiger partial charge in [-0.2, -0.15) is 0 Å². The van der Waals surface area contributed by atoms with Crippen molar-refractivity contribution >= 4 is 5.91 Å². The van der Waals surface area contributed by atoms with Crippen LogP contribution in [0, 0.1) is 23.7 Å². The number of carbonyl (C=O) groups excluding carboxylic acids is 1. The Morgan fingerprint density at radius 3 is 2.50 bits per heavy atom. The molecule has 8 heteroatoms. The molecule has 1 saturated heterocycles. The molecule has 1 N–H and O–H groups in total. The van der Waals surface area contributed by atoms with Crippen LogP contribution >= 0.6 is 0 Å². The third kappa shape index (κ3) is 6.56. The molecule has 4 rings (SSSR count). The van der Waals surface area contributed by atoms with E-state index in [-0.39, 0.29) is 23.8 Å². The Morgan fingerprint density at radius 2 is 1.82 bits per heavy atom. The summed E-state index contributed by atoms with van der Waals surface area (Å²) in [6.07, 6.45) is 4.35. The predicted octanol–water partition coefficient (Wildman–Crippen LogP) is 5.51. The molecule has 1 aliphatic carbocycles. The number of carbonyl (C=O) groups is 1. The number of aliphatic hydroxyl groups is 1. The van der Waals surface area contributed by atoms with Crippen LogP contribution in [0.15, 0.2) is 53.7 Å². The summed E-state index contributed by atoms with van der Waals surface area (Å²) in [5.41, 5.74) is 0.730. The number of methoxy groups -OCH3 is 1. The Bertz CT molecular complexity index is 1140. The molecule has 1 amide bonds. The minimum absolute atomic E-state index is 0.0171. The summed E-state index contributed by atoms with van der Waals surface area (Å²) < 4.78 is 11.7. The van der Waals surface area contributed by atoms with E-state index in [4.69, 9.17) is 9.47 Å². The fourth-order valence-corrected chi connectivity index (χ4v) is 6.65. The number of likely N-dealkylation sites (tertiary alicyclic amines) is 1. The van der Waals surface area contributed by atoms with Gasteiger partial charge in [-0.05, 0) is 83.7 Å². The summed E-state index contributed by atoms with van der Waals surface area (Å²) in [6, 6.07) is 15.5. The molecule has 0 spiro atoms. The van der Waals surface area contributed by atoms with Crippen molar-refractivity contribution in [3.05, 3.63) is 64.6 Å². The maximum Gasteiger partial charge on any atom is 0.225 e. The summed E-state index contributed by atoms with van der Waals surface area (Å²) in [5.74, 6) is 1.09. The van der Waals surface area contributed by atoms with E-state index < -0.39 is 11.6 Å². The summed E-state index contributed by atoms with van der Waals surface area (Å²) in [4.78, 5) is 30.7. The zero-order chi connectivity index (χ0) is 28.7. The quantitative estimate of drug-likeness (QED) is 0.276. The Balaban J connectivity index is 1.64. The van der Waals surface area contributed by atoms with E-state index in [0.29, 0.717) is 44.7 Å². The monoisotopic (exact) mass is 551 g/mol. The fraction of sp³-hybridized carbons (Fsp3) is 0.594. The maximum atomic E-state index is 13.7. The minimum Gasteiger partial charge on any atom is -0.457 e. The van der Waals surface area contributed by atoms with Gasteiger partial charge < -0.3 is 24.4 Å². The van der Waals surface area contributed by atoms with Crippen molar-refractivity contribution in [3.8, 4) is 11.5 Å². The van der Waals surface area contributed by atoms with Crippen LogP contribution in [0.4, 0.5) is 0 Å². The number of ether oxygens (including phenoxy) is 2. The average Bonchev–Trinajstić information content (AvgIpc) is 3.36. The van der Waals surface area contributed by atoms with Crippen LogP contribution in [-0.4, -0.2) is 73.9 Å². The maximum absolute atomic E-state index is 13.7. The number of benzene rings is 2. The van der Waals surface area contributed by atoms with Gasteiger partial charge in [0, 0.05) is 50.2 Å². The third-order valence-electron chi connectivity index (χ3n) is 8.90. The van der Waals surface area contributed by atoms with Gasteiger partial charge in [0.25, 0.3) is 0 Å². The molecule has 0 bridgehead atoms. The first-order chi connectivity index (χ1) is 19.3. The smallest absolute Gasteiger partial charge is 0.225 e. The molecule has 1 aliphatic heterocycles. The van der Waals surface area contributed by atoms with E-state index in [0.717, 1.165) is 42.6 Å². The van der Waals surface area contributed by atoms with Crippen molar-refractivity contribution < 1.29 is 19.4 Å². The Kier molecular flexibility index (Phi) is 10.3. The van der Waals surface area contributed by atoms with E-state index in [1.54, 1.807) is 7.11 Å². The van der Waals surface area contributed by atoms with Gasteiger partial charge in [-0.1, -0.05) is 41.6 Å². The summed E-state index contributed by atoms with van der Waals surface area (Å²) >= 11 is 0. The molecular formula is C32H45N3O5. The molecule has 2 unspecified atom stereocenters. The zero-order valence-electron chi connectivity index (χ0n) is 24.4. The lowest BCUT2D eigenvalue weighted by Crippen LogP contribution is -2.49. The number of rotatable bonds is 12. The first-order valence-corrected chi connectivity index (χ1v) is 14.6. The minimum atomic E-state index is -1.05.